The van der Waals surface area contributed by atoms with Crippen molar-refractivity contribution in [1.82, 2.24) is 14.9 Å². The van der Waals surface area contributed by atoms with Gasteiger partial charge < -0.3 is 14.8 Å². The van der Waals surface area contributed by atoms with Gasteiger partial charge in [-0.1, -0.05) is 28.1 Å². The SMILES string of the molecule is Cc1cc(N2C(=S)N[C@H](c3ccccn3)[C@@H]2c2cccn2-c2cccc(C(F)(F)F)c2)ccc1Br. The molecule has 0 bridgehead atoms. The Labute approximate surface area is 214 Å². The van der Waals surface area contributed by atoms with Gasteiger partial charge in [-0.25, -0.2) is 0 Å². The molecule has 0 radical (unpaired) electrons. The highest BCUT2D eigenvalue weighted by Gasteiger charge is 2.42. The van der Waals surface area contributed by atoms with E-state index in [9.17, 15) is 13.2 Å². The van der Waals surface area contributed by atoms with E-state index >= 15 is 0 Å². The standard InChI is InChI=1S/C26H20BrF3N4S/c1-16-14-19(10-11-20(16)27)34-24(23(32-25(34)35)21-8-2-3-12-31-21)22-9-5-13-33(22)18-7-4-6-17(15-18)26(28,29)30/h2-15,23-24H,1H3,(H,32,35)/t23-,24+/m1/s1. The summed E-state index contributed by atoms with van der Waals surface area (Å²) in [6, 6.07) is 20.0. The molecule has 2 atom stereocenters. The minimum atomic E-state index is -4.43. The van der Waals surface area contributed by atoms with E-state index in [1.165, 1.54) is 6.07 Å². The van der Waals surface area contributed by atoms with E-state index < -0.39 is 11.7 Å². The van der Waals surface area contributed by atoms with Gasteiger partial charge in [0.05, 0.1) is 17.3 Å². The predicted molar refractivity (Wildman–Crippen MR) is 138 cm³/mol. The van der Waals surface area contributed by atoms with Gasteiger partial charge in [-0.15, -0.1) is 0 Å². The molecule has 2 aromatic heterocycles. The molecule has 35 heavy (non-hydrogen) atoms. The quantitative estimate of drug-likeness (QED) is 0.271. The molecule has 2 aromatic carbocycles. The Morgan fingerprint density at radius 1 is 0.971 bits per heavy atom. The van der Waals surface area contributed by atoms with Crippen LogP contribution in [0.25, 0.3) is 5.69 Å². The number of aryl methyl sites for hydroxylation is 1. The van der Waals surface area contributed by atoms with Gasteiger partial charge in [-0.05, 0) is 85.4 Å². The molecule has 1 saturated heterocycles. The van der Waals surface area contributed by atoms with Crippen LogP contribution in [0, 0.1) is 6.92 Å². The molecule has 1 aliphatic heterocycles. The predicted octanol–water partition coefficient (Wildman–Crippen LogP) is 7.14. The fourth-order valence-electron chi connectivity index (χ4n) is 4.41. The first kappa shape index (κ1) is 23.6. The van der Waals surface area contributed by atoms with Gasteiger partial charge in [0.2, 0.25) is 0 Å². The minimum absolute atomic E-state index is 0.313. The van der Waals surface area contributed by atoms with Crippen LogP contribution in [0.2, 0.25) is 0 Å². The molecule has 5 rings (SSSR count). The van der Waals surface area contributed by atoms with E-state index in [0.29, 0.717) is 10.8 Å². The monoisotopic (exact) mass is 556 g/mol. The van der Waals surface area contributed by atoms with Crippen LogP contribution >= 0.6 is 28.1 Å². The first-order chi connectivity index (χ1) is 16.7. The van der Waals surface area contributed by atoms with Gasteiger partial charge in [0.15, 0.2) is 5.11 Å². The summed E-state index contributed by atoms with van der Waals surface area (Å²) in [6.07, 6.45) is -0.945. The Kier molecular flexibility index (Phi) is 6.14. The van der Waals surface area contributed by atoms with Crippen LogP contribution in [0.4, 0.5) is 18.9 Å². The van der Waals surface area contributed by atoms with Crippen molar-refractivity contribution >= 4 is 38.9 Å². The highest BCUT2D eigenvalue weighted by atomic mass is 79.9. The molecule has 1 fully saturated rings. The third kappa shape index (κ3) is 4.46. The Balaban J connectivity index is 1.67. The van der Waals surface area contributed by atoms with Gasteiger partial charge in [0.1, 0.15) is 6.04 Å². The maximum atomic E-state index is 13.4. The molecule has 3 heterocycles. The van der Waals surface area contributed by atoms with Crippen molar-refractivity contribution in [2.24, 2.45) is 0 Å². The normalized spacial score (nSPS) is 18.1. The number of nitrogens with one attached hydrogen (secondary N) is 1. The summed E-state index contributed by atoms with van der Waals surface area (Å²) < 4.78 is 43.1. The zero-order chi connectivity index (χ0) is 24.7. The van der Waals surface area contributed by atoms with Crippen molar-refractivity contribution in [2.75, 3.05) is 4.90 Å². The zero-order valence-corrected chi connectivity index (χ0v) is 20.9. The molecule has 0 aliphatic carbocycles. The molecule has 0 unspecified atom stereocenters. The highest BCUT2D eigenvalue weighted by Crippen LogP contribution is 2.43. The summed E-state index contributed by atoms with van der Waals surface area (Å²) in [5, 5.41) is 3.91. The number of halogens is 4. The first-order valence-corrected chi connectivity index (χ1v) is 12.1. The van der Waals surface area contributed by atoms with Crippen LogP contribution in [-0.4, -0.2) is 14.7 Å². The lowest BCUT2D eigenvalue weighted by Gasteiger charge is -2.29. The Bertz CT molecular complexity index is 1390. The molecule has 0 spiro atoms. The second-order valence-corrected chi connectivity index (χ2v) is 9.52. The van der Waals surface area contributed by atoms with Crippen LogP contribution in [0.5, 0.6) is 0 Å². The lowest BCUT2D eigenvalue weighted by molar-refractivity contribution is -0.137. The van der Waals surface area contributed by atoms with Crippen molar-refractivity contribution < 1.29 is 13.2 Å². The average molecular weight is 557 g/mol. The van der Waals surface area contributed by atoms with E-state index in [1.807, 2.05) is 60.4 Å². The summed E-state index contributed by atoms with van der Waals surface area (Å²) in [7, 11) is 0. The smallest absolute Gasteiger partial charge is 0.351 e. The van der Waals surface area contributed by atoms with Crippen LogP contribution in [0.3, 0.4) is 0 Å². The number of nitrogens with zero attached hydrogens (tertiary/aromatic N) is 3. The summed E-state index contributed by atoms with van der Waals surface area (Å²) in [5.41, 5.74) is 3.21. The van der Waals surface area contributed by atoms with E-state index in [0.717, 1.165) is 39.2 Å². The number of pyridine rings is 1. The first-order valence-electron chi connectivity index (χ1n) is 10.9. The second kappa shape index (κ2) is 9.13. The number of thiocarbonyl (C=S) groups is 1. The molecule has 0 amide bonds. The number of alkyl halides is 3. The van der Waals surface area contributed by atoms with E-state index in [1.54, 1.807) is 23.0 Å². The fourth-order valence-corrected chi connectivity index (χ4v) is 5.01. The van der Waals surface area contributed by atoms with Crippen molar-refractivity contribution in [3.8, 4) is 5.69 Å². The Morgan fingerprint density at radius 2 is 1.80 bits per heavy atom. The molecule has 1 N–H and O–H groups in total. The maximum Gasteiger partial charge on any atom is 0.416 e. The van der Waals surface area contributed by atoms with Gasteiger partial charge in [-0.2, -0.15) is 13.2 Å². The molecule has 178 valence electrons. The van der Waals surface area contributed by atoms with Crippen molar-refractivity contribution in [3.05, 3.63) is 112 Å². The van der Waals surface area contributed by atoms with Crippen molar-refractivity contribution in [3.63, 3.8) is 0 Å². The van der Waals surface area contributed by atoms with Gasteiger partial charge in [0, 0.05) is 33.9 Å². The van der Waals surface area contributed by atoms with E-state index in [-0.39, 0.29) is 12.1 Å². The average Bonchev–Trinajstić information content (AvgIpc) is 3.45. The number of hydrogen-bond acceptors (Lipinski definition) is 2. The zero-order valence-electron chi connectivity index (χ0n) is 18.5. The number of anilines is 1. The summed E-state index contributed by atoms with van der Waals surface area (Å²) in [6.45, 7) is 2.00. The lowest BCUT2D eigenvalue weighted by atomic mass is 10.0. The summed E-state index contributed by atoms with van der Waals surface area (Å²) in [4.78, 5) is 6.56. The van der Waals surface area contributed by atoms with Crippen LogP contribution in [0.1, 0.15) is 34.6 Å². The number of benzene rings is 2. The third-order valence-electron chi connectivity index (χ3n) is 6.05. The third-order valence-corrected chi connectivity index (χ3v) is 7.26. The fraction of sp³-hybridized carbons (Fsp3) is 0.154. The Morgan fingerprint density at radius 3 is 2.51 bits per heavy atom. The molecule has 0 saturated carbocycles. The largest absolute Gasteiger partial charge is 0.416 e. The van der Waals surface area contributed by atoms with Gasteiger partial charge >= 0.3 is 6.18 Å². The van der Waals surface area contributed by atoms with Crippen molar-refractivity contribution in [2.45, 2.75) is 25.2 Å². The molecular formula is C26H20BrF3N4S. The second-order valence-electron chi connectivity index (χ2n) is 8.28. The number of aromatic nitrogens is 2. The maximum absolute atomic E-state index is 13.4. The number of hydrogen-bond donors (Lipinski definition) is 1. The Hall–Kier alpha value is -3.17. The van der Waals surface area contributed by atoms with Crippen LogP contribution in [-0.2, 0) is 6.18 Å². The van der Waals surface area contributed by atoms with E-state index in [2.05, 4.69) is 26.2 Å². The van der Waals surface area contributed by atoms with Gasteiger partial charge in [0.25, 0.3) is 0 Å². The molecular weight excluding hydrogens is 537 g/mol. The lowest BCUT2D eigenvalue weighted by Crippen LogP contribution is -2.30. The van der Waals surface area contributed by atoms with Gasteiger partial charge in [-0.3, -0.25) is 4.98 Å². The summed E-state index contributed by atoms with van der Waals surface area (Å²) in [5.74, 6) is 0. The molecule has 4 aromatic rings. The van der Waals surface area contributed by atoms with E-state index in [4.69, 9.17) is 12.2 Å². The van der Waals surface area contributed by atoms with Crippen molar-refractivity contribution in [1.29, 1.82) is 0 Å². The topological polar surface area (TPSA) is 33.1 Å². The minimum Gasteiger partial charge on any atom is -0.351 e. The molecule has 1 aliphatic rings. The number of rotatable bonds is 4. The van der Waals surface area contributed by atoms with Crippen LogP contribution < -0.4 is 10.2 Å². The molecule has 9 heteroatoms. The van der Waals surface area contributed by atoms with Crippen LogP contribution in [0.15, 0.2) is 89.7 Å². The summed E-state index contributed by atoms with van der Waals surface area (Å²) >= 11 is 9.32. The molecule has 4 nitrogen and oxygen atoms in total. The highest BCUT2D eigenvalue weighted by molar-refractivity contribution is 9.10.